The number of hydrogen-bond donors (Lipinski definition) is 2. The molecular weight excluding hydrogens is 242 g/mol. The molecule has 0 rings (SSSR count). The number of likely N-dealkylation sites (N-methyl/N-ethyl adjacent to an activating group) is 1. The molecule has 3 N–H and O–H groups in total. The lowest BCUT2D eigenvalue weighted by Crippen LogP contribution is -2.47. The summed E-state index contributed by atoms with van der Waals surface area (Å²) in [6.07, 6.45) is 1.84. The van der Waals surface area contributed by atoms with Crippen molar-refractivity contribution in [3.63, 3.8) is 0 Å². The van der Waals surface area contributed by atoms with Crippen LogP contribution in [0.3, 0.4) is 0 Å². The van der Waals surface area contributed by atoms with Crippen LogP contribution in [-0.2, 0) is 9.59 Å². The molecule has 0 aromatic rings. The number of nitrogens with two attached hydrogens (primary N) is 1. The lowest BCUT2D eigenvalue weighted by atomic mass is 10.0. The third-order valence-corrected chi connectivity index (χ3v) is 3.05. The molecule has 19 heavy (non-hydrogen) atoms. The van der Waals surface area contributed by atoms with Gasteiger partial charge in [-0.1, -0.05) is 20.8 Å². The van der Waals surface area contributed by atoms with Crippen molar-refractivity contribution in [2.75, 3.05) is 20.6 Å². The van der Waals surface area contributed by atoms with E-state index >= 15 is 0 Å². The van der Waals surface area contributed by atoms with E-state index in [2.05, 4.69) is 5.32 Å². The van der Waals surface area contributed by atoms with E-state index in [1.807, 2.05) is 20.8 Å². The van der Waals surface area contributed by atoms with Crippen LogP contribution in [0.4, 0.5) is 0 Å². The Bertz CT molecular complexity index is 290. The van der Waals surface area contributed by atoms with Crippen LogP contribution in [0.25, 0.3) is 0 Å². The van der Waals surface area contributed by atoms with Gasteiger partial charge in [0.05, 0.1) is 0 Å². The molecule has 0 aliphatic rings. The zero-order chi connectivity index (χ0) is 15.0. The van der Waals surface area contributed by atoms with Crippen molar-refractivity contribution in [3.8, 4) is 0 Å². The van der Waals surface area contributed by atoms with Crippen LogP contribution in [0.1, 0.15) is 40.0 Å². The van der Waals surface area contributed by atoms with E-state index in [0.29, 0.717) is 31.2 Å². The molecule has 2 amide bonds. The molecule has 2 unspecified atom stereocenters. The van der Waals surface area contributed by atoms with Gasteiger partial charge >= 0.3 is 0 Å². The quantitative estimate of drug-likeness (QED) is 0.691. The van der Waals surface area contributed by atoms with Crippen molar-refractivity contribution in [2.24, 2.45) is 17.6 Å². The first-order valence-corrected chi connectivity index (χ1v) is 6.98. The monoisotopic (exact) mass is 271 g/mol. The average molecular weight is 271 g/mol. The molecule has 0 heterocycles. The standard InChI is InChI=1S/C14H29N3O2/c1-10(2)8-12(14(19)17(4)5)16-13(18)7-6-11(3)9-15/h10-12H,6-9,15H2,1-5H3,(H,16,18). The molecule has 0 saturated heterocycles. The summed E-state index contributed by atoms with van der Waals surface area (Å²) in [5.74, 6) is 0.575. The number of nitrogens with zero attached hydrogens (tertiary/aromatic N) is 1. The number of rotatable bonds is 8. The van der Waals surface area contributed by atoms with Gasteiger partial charge in [0.25, 0.3) is 0 Å². The third-order valence-electron chi connectivity index (χ3n) is 3.05. The van der Waals surface area contributed by atoms with E-state index in [4.69, 9.17) is 5.73 Å². The maximum absolute atomic E-state index is 12.0. The Labute approximate surface area is 116 Å². The molecule has 0 saturated carbocycles. The fourth-order valence-corrected chi connectivity index (χ4v) is 1.77. The van der Waals surface area contributed by atoms with Crippen molar-refractivity contribution in [3.05, 3.63) is 0 Å². The Morgan fingerprint density at radius 1 is 1.21 bits per heavy atom. The summed E-state index contributed by atoms with van der Waals surface area (Å²) in [5.41, 5.74) is 5.52. The van der Waals surface area contributed by atoms with Crippen molar-refractivity contribution >= 4 is 11.8 Å². The number of nitrogens with one attached hydrogen (secondary N) is 1. The summed E-state index contributed by atoms with van der Waals surface area (Å²) in [5, 5.41) is 2.84. The van der Waals surface area contributed by atoms with E-state index < -0.39 is 6.04 Å². The highest BCUT2D eigenvalue weighted by Crippen LogP contribution is 2.08. The molecule has 0 spiro atoms. The van der Waals surface area contributed by atoms with Crippen molar-refractivity contribution in [2.45, 2.75) is 46.1 Å². The first-order chi connectivity index (χ1) is 8.77. The molecule has 5 heteroatoms. The van der Waals surface area contributed by atoms with Crippen LogP contribution < -0.4 is 11.1 Å². The Balaban J connectivity index is 4.39. The van der Waals surface area contributed by atoms with Crippen LogP contribution >= 0.6 is 0 Å². The molecule has 5 nitrogen and oxygen atoms in total. The molecule has 0 bridgehead atoms. The molecule has 0 radical (unpaired) electrons. The lowest BCUT2D eigenvalue weighted by molar-refractivity contribution is -0.134. The topological polar surface area (TPSA) is 75.4 Å². The Morgan fingerprint density at radius 3 is 2.21 bits per heavy atom. The van der Waals surface area contributed by atoms with Gasteiger partial charge in [0, 0.05) is 20.5 Å². The molecular formula is C14H29N3O2. The first-order valence-electron chi connectivity index (χ1n) is 6.98. The second kappa shape index (κ2) is 8.91. The second-order valence-corrected chi connectivity index (χ2v) is 5.86. The highest BCUT2D eigenvalue weighted by Gasteiger charge is 2.23. The molecule has 2 atom stereocenters. The van der Waals surface area contributed by atoms with E-state index in [-0.39, 0.29) is 11.8 Å². The minimum Gasteiger partial charge on any atom is -0.347 e. The summed E-state index contributed by atoms with van der Waals surface area (Å²) in [4.78, 5) is 25.4. The zero-order valence-electron chi connectivity index (χ0n) is 12.9. The third kappa shape index (κ3) is 7.82. The number of hydrogen-bond acceptors (Lipinski definition) is 3. The van der Waals surface area contributed by atoms with Crippen molar-refractivity contribution < 1.29 is 9.59 Å². The van der Waals surface area contributed by atoms with Gasteiger partial charge in [-0.05, 0) is 31.2 Å². The fourth-order valence-electron chi connectivity index (χ4n) is 1.77. The van der Waals surface area contributed by atoms with E-state index in [1.54, 1.807) is 14.1 Å². The van der Waals surface area contributed by atoms with Crippen LogP contribution in [0.2, 0.25) is 0 Å². The van der Waals surface area contributed by atoms with Gasteiger partial charge in [0.2, 0.25) is 11.8 Å². The highest BCUT2D eigenvalue weighted by molar-refractivity contribution is 5.87. The van der Waals surface area contributed by atoms with Gasteiger partial charge in [-0.15, -0.1) is 0 Å². The number of carbonyl (C=O) groups is 2. The summed E-state index contributed by atoms with van der Waals surface area (Å²) in [6, 6.07) is -0.421. The Kier molecular flexibility index (Phi) is 8.39. The van der Waals surface area contributed by atoms with Gasteiger partial charge < -0.3 is 16.0 Å². The van der Waals surface area contributed by atoms with E-state index in [0.717, 1.165) is 6.42 Å². The van der Waals surface area contributed by atoms with E-state index in [9.17, 15) is 9.59 Å². The second-order valence-electron chi connectivity index (χ2n) is 5.86. The lowest BCUT2D eigenvalue weighted by Gasteiger charge is -2.23. The SMILES string of the molecule is CC(C)CC(NC(=O)CCC(C)CN)C(=O)N(C)C. The maximum atomic E-state index is 12.0. The van der Waals surface area contributed by atoms with Crippen LogP contribution in [0.5, 0.6) is 0 Å². The summed E-state index contributed by atoms with van der Waals surface area (Å²) >= 11 is 0. The predicted molar refractivity (Wildman–Crippen MR) is 77.5 cm³/mol. The van der Waals surface area contributed by atoms with Gasteiger partial charge in [-0.2, -0.15) is 0 Å². The average Bonchev–Trinajstić information content (AvgIpc) is 2.33. The predicted octanol–water partition coefficient (Wildman–Crippen LogP) is 0.981. The number of carbonyl (C=O) groups excluding carboxylic acids is 2. The highest BCUT2D eigenvalue weighted by atomic mass is 16.2. The van der Waals surface area contributed by atoms with Crippen LogP contribution in [0.15, 0.2) is 0 Å². The summed E-state index contributed by atoms with van der Waals surface area (Å²) in [7, 11) is 3.41. The molecule has 0 aliphatic carbocycles. The van der Waals surface area contributed by atoms with Crippen molar-refractivity contribution in [1.29, 1.82) is 0 Å². The van der Waals surface area contributed by atoms with Gasteiger partial charge in [-0.3, -0.25) is 9.59 Å². The van der Waals surface area contributed by atoms with Crippen molar-refractivity contribution in [1.82, 2.24) is 10.2 Å². The van der Waals surface area contributed by atoms with Crippen LogP contribution in [-0.4, -0.2) is 43.4 Å². The molecule has 112 valence electrons. The summed E-state index contributed by atoms with van der Waals surface area (Å²) < 4.78 is 0. The fraction of sp³-hybridized carbons (Fsp3) is 0.857. The smallest absolute Gasteiger partial charge is 0.244 e. The Hall–Kier alpha value is -1.10. The normalized spacial score (nSPS) is 14.1. The molecule has 0 aromatic heterocycles. The minimum absolute atomic E-state index is 0.0473. The van der Waals surface area contributed by atoms with Gasteiger partial charge in [0.15, 0.2) is 0 Å². The molecule has 0 aliphatic heterocycles. The first kappa shape index (κ1) is 17.9. The maximum Gasteiger partial charge on any atom is 0.244 e. The van der Waals surface area contributed by atoms with E-state index in [1.165, 1.54) is 4.90 Å². The molecule has 0 fully saturated rings. The van der Waals surface area contributed by atoms with Gasteiger partial charge in [-0.25, -0.2) is 0 Å². The van der Waals surface area contributed by atoms with Gasteiger partial charge in [0.1, 0.15) is 6.04 Å². The zero-order valence-corrected chi connectivity index (χ0v) is 12.9. The molecule has 0 aromatic carbocycles. The largest absolute Gasteiger partial charge is 0.347 e. The Morgan fingerprint density at radius 2 is 1.79 bits per heavy atom. The minimum atomic E-state index is -0.421. The van der Waals surface area contributed by atoms with Crippen LogP contribution in [0, 0.1) is 11.8 Å². The number of amides is 2. The summed E-state index contributed by atoms with van der Waals surface area (Å²) in [6.45, 7) is 6.68.